The van der Waals surface area contributed by atoms with E-state index in [9.17, 15) is 0 Å². The van der Waals surface area contributed by atoms with Gasteiger partial charge in [0.25, 0.3) is 0 Å². The van der Waals surface area contributed by atoms with Gasteiger partial charge in [-0.2, -0.15) is 0 Å². The topological polar surface area (TPSA) is 0 Å². The van der Waals surface area contributed by atoms with E-state index in [0.29, 0.717) is 0 Å². The predicted molar refractivity (Wildman–Crippen MR) is 47.9 cm³/mol. The highest BCUT2D eigenvalue weighted by Gasteiger charge is 1.85. The monoisotopic (exact) mass is 146 g/mol. The summed E-state index contributed by atoms with van der Waals surface area (Å²) in [6, 6.07) is 0. The van der Waals surface area contributed by atoms with E-state index in [0.717, 1.165) is 32.1 Å². The summed E-state index contributed by atoms with van der Waals surface area (Å²) in [5.41, 5.74) is 0. The molecule has 1 aliphatic carbocycles. The van der Waals surface area contributed by atoms with E-state index in [-0.39, 0.29) is 0 Å². The molecule has 0 nitrogen and oxygen atoms in total. The Balaban J connectivity index is 2.30. The lowest BCUT2D eigenvalue weighted by molar-refractivity contribution is 0.782. The number of rotatable bonds is 0. The predicted octanol–water partition coefficient (Wildman–Crippen LogP) is 2.74. The van der Waals surface area contributed by atoms with Gasteiger partial charge in [0.05, 0.1) is 0 Å². The third-order valence-corrected chi connectivity index (χ3v) is 1.71. The zero-order chi connectivity index (χ0) is 7.78. The first kappa shape index (κ1) is 8.22. The molecule has 0 radical (unpaired) electrons. The Morgan fingerprint density at radius 2 is 0.818 bits per heavy atom. The number of hydrogen-bond donors (Lipinski definition) is 0. The van der Waals surface area contributed by atoms with Crippen LogP contribution in [-0.2, 0) is 0 Å². The minimum atomic E-state index is 1.04. The third-order valence-electron chi connectivity index (χ3n) is 1.71. The van der Waals surface area contributed by atoms with Gasteiger partial charge < -0.3 is 0 Å². The summed E-state index contributed by atoms with van der Waals surface area (Å²) in [5, 5.41) is 0. The average molecular weight is 146 g/mol. The molecule has 0 heteroatoms. The summed E-state index contributed by atoms with van der Waals surface area (Å²) >= 11 is 0. The lowest BCUT2D eigenvalue weighted by atomic mass is 10.2. The van der Waals surface area contributed by atoms with E-state index in [1.54, 1.807) is 0 Å². The van der Waals surface area contributed by atoms with Crippen molar-refractivity contribution in [2.45, 2.75) is 44.9 Å². The number of hydrogen-bond acceptors (Lipinski definition) is 0. The van der Waals surface area contributed by atoms with Gasteiger partial charge in [-0.3, -0.25) is 0 Å². The van der Waals surface area contributed by atoms with Gasteiger partial charge in [0.2, 0.25) is 0 Å². The Labute approximate surface area is 69.4 Å². The zero-order valence-electron chi connectivity index (χ0n) is 6.95. The van der Waals surface area contributed by atoms with Crippen LogP contribution in [0.3, 0.4) is 0 Å². The zero-order valence-corrected chi connectivity index (χ0v) is 6.95. The first-order chi connectivity index (χ1) is 5.50. The molecular weight excluding hydrogens is 132 g/mol. The highest BCUT2D eigenvalue weighted by Crippen LogP contribution is 2.00. The van der Waals surface area contributed by atoms with Gasteiger partial charge in [-0.1, -0.05) is 0 Å². The maximum absolute atomic E-state index is 3.18. The van der Waals surface area contributed by atoms with Crippen LogP contribution < -0.4 is 0 Å². The molecule has 0 bridgehead atoms. The van der Waals surface area contributed by atoms with Crippen molar-refractivity contribution in [2.75, 3.05) is 0 Å². The largest absolute Gasteiger partial charge is 0.103 e. The first-order valence-electron chi connectivity index (χ1n) is 4.41. The van der Waals surface area contributed by atoms with Gasteiger partial charge in [0.1, 0.15) is 0 Å². The second-order valence-electron chi connectivity index (χ2n) is 2.77. The molecule has 0 atom stereocenters. The molecule has 0 N–H and O–H groups in total. The fourth-order valence-corrected chi connectivity index (χ4v) is 1.05. The van der Waals surface area contributed by atoms with Gasteiger partial charge >= 0.3 is 0 Å². The molecule has 0 saturated heterocycles. The van der Waals surface area contributed by atoms with Crippen LogP contribution in [0, 0.1) is 23.7 Å². The van der Waals surface area contributed by atoms with Crippen LogP contribution in [0.25, 0.3) is 0 Å². The summed E-state index contributed by atoms with van der Waals surface area (Å²) < 4.78 is 0. The Kier molecular flexibility index (Phi) is 4.39. The Morgan fingerprint density at radius 3 is 1.27 bits per heavy atom. The molecule has 0 fully saturated rings. The summed E-state index contributed by atoms with van der Waals surface area (Å²) in [4.78, 5) is 0. The normalized spacial score (nSPS) is 18.2. The van der Waals surface area contributed by atoms with Crippen LogP contribution in [-0.4, -0.2) is 0 Å². The Morgan fingerprint density at radius 1 is 0.455 bits per heavy atom. The SMILES string of the molecule is C1#CCCCCC#CCCC1. The molecule has 58 valence electrons. The van der Waals surface area contributed by atoms with Gasteiger partial charge in [-0.05, 0) is 19.3 Å². The van der Waals surface area contributed by atoms with E-state index in [4.69, 9.17) is 0 Å². The summed E-state index contributed by atoms with van der Waals surface area (Å²) in [6.45, 7) is 0. The van der Waals surface area contributed by atoms with Crippen LogP contribution in [0.4, 0.5) is 0 Å². The lowest BCUT2D eigenvalue weighted by Crippen LogP contribution is -1.71. The van der Waals surface area contributed by atoms with Crippen molar-refractivity contribution in [1.29, 1.82) is 0 Å². The lowest BCUT2D eigenvalue weighted by Gasteiger charge is -1.87. The van der Waals surface area contributed by atoms with Crippen LogP contribution in [0.15, 0.2) is 0 Å². The summed E-state index contributed by atoms with van der Waals surface area (Å²) in [6.07, 6.45) is 7.82. The van der Waals surface area contributed by atoms with Gasteiger partial charge in [-0.15, -0.1) is 23.7 Å². The van der Waals surface area contributed by atoms with E-state index < -0.39 is 0 Å². The van der Waals surface area contributed by atoms with Crippen LogP contribution in [0.2, 0.25) is 0 Å². The molecule has 0 heterocycles. The molecule has 11 heavy (non-hydrogen) atoms. The van der Waals surface area contributed by atoms with Gasteiger partial charge in [0, 0.05) is 25.7 Å². The minimum absolute atomic E-state index is 1.04. The van der Waals surface area contributed by atoms with Crippen LogP contribution in [0.5, 0.6) is 0 Å². The van der Waals surface area contributed by atoms with Crippen molar-refractivity contribution in [3.8, 4) is 23.7 Å². The fraction of sp³-hybridized carbons (Fsp3) is 0.636. The first-order valence-corrected chi connectivity index (χ1v) is 4.41. The van der Waals surface area contributed by atoms with Crippen molar-refractivity contribution >= 4 is 0 Å². The van der Waals surface area contributed by atoms with Crippen molar-refractivity contribution < 1.29 is 0 Å². The second kappa shape index (κ2) is 5.87. The van der Waals surface area contributed by atoms with E-state index >= 15 is 0 Å². The highest BCUT2D eigenvalue weighted by atomic mass is 13.9. The molecule has 0 saturated carbocycles. The van der Waals surface area contributed by atoms with Crippen molar-refractivity contribution in [2.24, 2.45) is 0 Å². The van der Waals surface area contributed by atoms with Gasteiger partial charge in [-0.25, -0.2) is 0 Å². The smallest absolute Gasteiger partial charge is 0.00977 e. The minimum Gasteiger partial charge on any atom is -0.103 e. The molecule has 0 spiro atoms. The third kappa shape index (κ3) is 4.51. The molecule has 0 amide bonds. The molecule has 0 aromatic carbocycles. The molecule has 0 unspecified atom stereocenters. The Hall–Kier alpha value is -0.880. The van der Waals surface area contributed by atoms with Gasteiger partial charge in [0.15, 0.2) is 0 Å². The van der Waals surface area contributed by atoms with Crippen LogP contribution >= 0.6 is 0 Å². The molecule has 0 aliphatic heterocycles. The summed E-state index contributed by atoms with van der Waals surface area (Å²) in [7, 11) is 0. The molecular formula is C11H14. The average Bonchev–Trinajstić information content (AvgIpc) is 2.08. The maximum Gasteiger partial charge on any atom is 0.00977 e. The Bertz CT molecular complexity index is 180. The molecule has 0 aromatic heterocycles. The fourth-order valence-electron chi connectivity index (χ4n) is 1.05. The van der Waals surface area contributed by atoms with Crippen molar-refractivity contribution in [3.63, 3.8) is 0 Å². The second-order valence-corrected chi connectivity index (χ2v) is 2.77. The van der Waals surface area contributed by atoms with Crippen molar-refractivity contribution in [1.82, 2.24) is 0 Å². The maximum atomic E-state index is 3.18. The standard InChI is InChI=1S/C11H14/c1-2-4-6-8-10-11-9-7-5-3-1/h1-4,9-11H2. The van der Waals surface area contributed by atoms with E-state index in [2.05, 4.69) is 23.7 Å². The van der Waals surface area contributed by atoms with Crippen LogP contribution in [0.1, 0.15) is 44.9 Å². The molecule has 1 aliphatic rings. The quantitative estimate of drug-likeness (QED) is 0.461. The highest BCUT2D eigenvalue weighted by molar-refractivity contribution is 5.03. The summed E-state index contributed by atoms with van der Waals surface area (Å²) in [5.74, 6) is 12.7. The van der Waals surface area contributed by atoms with E-state index in [1.807, 2.05) is 0 Å². The van der Waals surface area contributed by atoms with E-state index in [1.165, 1.54) is 12.8 Å². The van der Waals surface area contributed by atoms with Crippen molar-refractivity contribution in [3.05, 3.63) is 0 Å². The molecule has 1 rings (SSSR count). The molecule has 0 aromatic rings.